The van der Waals surface area contributed by atoms with Gasteiger partial charge in [0.05, 0.1) is 20.3 Å². The third-order valence-electron chi connectivity index (χ3n) is 4.67. The van der Waals surface area contributed by atoms with Crippen LogP contribution in [-0.2, 0) is 13.0 Å². The van der Waals surface area contributed by atoms with Crippen LogP contribution in [-0.4, -0.2) is 45.7 Å². The Morgan fingerprint density at radius 1 is 1.00 bits per heavy atom. The van der Waals surface area contributed by atoms with Crippen LogP contribution in [0.1, 0.15) is 41.8 Å². The third kappa shape index (κ3) is 7.85. The summed E-state index contributed by atoms with van der Waals surface area (Å²) in [6.07, 6.45) is 1.89. The molecular formula is C24H34N4O3. The molecule has 0 aliphatic rings. The number of carbonyl (C=O) groups excluding carboxylic acids is 1. The fourth-order valence-corrected chi connectivity index (χ4v) is 3.06. The van der Waals surface area contributed by atoms with Crippen LogP contribution < -0.4 is 25.4 Å². The summed E-state index contributed by atoms with van der Waals surface area (Å²) in [6.45, 7) is 6.75. The third-order valence-corrected chi connectivity index (χ3v) is 4.67. The lowest BCUT2D eigenvalue weighted by Crippen LogP contribution is -2.37. The maximum atomic E-state index is 11.6. The zero-order valence-electron chi connectivity index (χ0n) is 19.0. The van der Waals surface area contributed by atoms with Crippen LogP contribution in [0.5, 0.6) is 11.5 Å². The van der Waals surface area contributed by atoms with Gasteiger partial charge in [0.25, 0.3) is 5.91 Å². The van der Waals surface area contributed by atoms with Crippen LogP contribution in [0.25, 0.3) is 0 Å². The molecule has 0 radical (unpaired) electrons. The normalized spacial score (nSPS) is 11.0. The Kier molecular flexibility index (Phi) is 10.2. The lowest BCUT2D eigenvalue weighted by Gasteiger charge is -2.13. The molecule has 0 heterocycles. The van der Waals surface area contributed by atoms with Crippen molar-refractivity contribution < 1.29 is 14.3 Å². The number of aliphatic imine (C=N–C) groups is 1. The van der Waals surface area contributed by atoms with Crippen LogP contribution >= 0.6 is 0 Å². The first kappa shape index (κ1) is 24.1. The summed E-state index contributed by atoms with van der Waals surface area (Å²) in [5, 5.41) is 9.27. The summed E-state index contributed by atoms with van der Waals surface area (Å²) >= 11 is 0. The van der Waals surface area contributed by atoms with Gasteiger partial charge in [0, 0.05) is 25.7 Å². The Bertz CT molecular complexity index is 850. The molecule has 0 bridgehead atoms. The van der Waals surface area contributed by atoms with Gasteiger partial charge in [-0.3, -0.25) is 4.79 Å². The lowest BCUT2D eigenvalue weighted by molar-refractivity contribution is 0.0963. The van der Waals surface area contributed by atoms with Gasteiger partial charge in [-0.15, -0.1) is 0 Å². The average molecular weight is 427 g/mol. The van der Waals surface area contributed by atoms with E-state index in [2.05, 4.69) is 27.0 Å². The van der Waals surface area contributed by atoms with Crippen molar-refractivity contribution in [3.63, 3.8) is 0 Å². The standard InChI is InChI=1S/C24H34N4O3/c1-5-26-24(28-17-19-9-12-20(13-10-19)23(29)25-3)27-15-7-8-18-11-14-21(30-4)22(16-18)31-6-2/h9-14,16H,5-8,15,17H2,1-4H3,(H,25,29)(H2,26,27,28). The highest BCUT2D eigenvalue weighted by Crippen LogP contribution is 2.28. The molecule has 2 aromatic rings. The molecule has 7 heteroatoms. The van der Waals surface area contributed by atoms with Gasteiger partial charge < -0.3 is 25.4 Å². The van der Waals surface area contributed by atoms with Crippen molar-refractivity contribution in [1.29, 1.82) is 0 Å². The molecule has 31 heavy (non-hydrogen) atoms. The van der Waals surface area contributed by atoms with Crippen molar-refractivity contribution in [3.05, 3.63) is 59.2 Å². The van der Waals surface area contributed by atoms with Crippen molar-refractivity contribution in [1.82, 2.24) is 16.0 Å². The van der Waals surface area contributed by atoms with E-state index in [1.807, 2.05) is 50.2 Å². The second-order valence-electron chi connectivity index (χ2n) is 6.92. The minimum atomic E-state index is -0.0877. The smallest absolute Gasteiger partial charge is 0.251 e. The van der Waals surface area contributed by atoms with Crippen molar-refractivity contribution in [2.75, 3.05) is 33.9 Å². The molecule has 0 spiro atoms. The summed E-state index contributed by atoms with van der Waals surface area (Å²) < 4.78 is 11.0. The molecule has 0 aliphatic carbocycles. The molecular weight excluding hydrogens is 392 g/mol. The number of hydrogen-bond donors (Lipinski definition) is 3. The Balaban J connectivity index is 1.86. The van der Waals surface area contributed by atoms with E-state index in [9.17, 15) is 4.79 Å². The van der Waals surface area contributed by atoms with E-state index in [0.29, 0.717) is 18.7 Å². The second kappa shape index (κ2) is 13.2. The molecule has 0 unspecified atom stereocenters. The minimum Gasteiger partial charge on any atom is -0.493 e. The molecule has 0 aliphatic heterocycles. The zero-order valence-corrected chi connectivity index (χ0v) is 19.0. The molecule has 168 valence electrons. The predicted octanol–water partition coefficient (Wildman–Crippen LogP) is 3.14. The molecule has 0 atom stereocenters. The maximum Gasteiger partial charge on any atom is 0.251 e. The van der Waals surface area contributed by atoms with Crippen LogP contribution in [0.4, 0.5) is 0 Å². The molecule has 0 aromatic heterocycles. The SMILES string of the molecule is CCNC(=NCc1ccc(C(=O)NC)cc1)NCCCc1ccc(OC)c(OCC)c1. The minimum absolute atomic E-state index is 0.0877. The van der Waals surface area contributed by atoms with Crippen LogP contribution in [0, 0.1) is 0 Å². The highest BCUT2D eigenvalue weighted by Gasteiger charge is 2.06. The second-order valence-corrected chi connectivity index (χ2v) is 6.92. The first-order chi connectivity index (χ1) is 15.1. The molecule has 0 saturated heterocycles. The van der Waals surface area contributed by atoms with Crippen LogP contribution in [0.3, 0.4) is 0 Å². The number of methoxy groups -OCH3 is 1. The number of aryl methyl sites for hydroxylation is 1. The summed E-state index contributed by atoms with van der Waals surface area (Å²) in [4.78, 5) is 16.3. The van der Waals surface area contributed by atoms with E-state index in [1.165, 1.54) is 5.56 Å². The Morgan fingerprint density at radius 3 is 2.39 bits per heavy atom. The van der Waals surface area contributed by atoms with Gasteiger partial charge >= 0.3 is 0 Å². The van der Waals surface area contributed by atoms with Crippen molar-refractivity contribution in [2.24, 2.45) is 4.99 Å². The molecule has 0 fully saturated rings. The first-order valence-corrected chi connectivity index (χ1v) is 10.7. The largest absolute Gasteiger partial charge is 0.493 e. The fraction of sp³-hybridized carbons (Fsp3) is 0.417. The zero-order chi connectivity index (χ0) is 22.5. The predicted molar refractivity (Wildman–Crippen MR) is 125 cm³/mol. The Morgan fingerprint density at radius 2 is 1.74 bits per heavy atom. The number of amides is 1. The van der Waals surface area contributed by atoms with Crippen molar-refractivity contribution in [3.8, 4) is 11.5 Å². The summed E-state index contributed by atoms with van der Waals surface area (Å²) in [5.74, 6) is 2.24. The number of guanidine groups is 1. The van der Waals surface area contributed by atoms with Crippen molar-refractivity contribution in [2.45, 2.75) is 33.2 Å². The summed E-state index contributed by atoms with van der Waals surface area (Å²) in [6, 6.07) is 13.6. The van der Waals surface area contributed by atoms with Gasteiger partial charge in [-0.1, -0.05) is 18.2 Å². The van der Waals surface area contributed by atoms with Crippen LogP contribution in [0.15, 0.2) is 47.5 Å². The van der Waals surface area contributed by atoms with Gasteiger partial charge in [-0.2, -0.15) is 0 Å². The van der Waals surface area contributed by atoms with E-state index in [1.54, 1.807) is 14.2 Å². The maximum absolute atomic E-state index is 11.6. The highest BCUT2D eigenvalue weighted by molar-refractivity contribution is 5.93. The quantitative estimate of drug-likeness (QED) is 0.292. The molecule has 2 rings (SSSR count). The number of nitrogens with zero attached hydrogens (tertiary/aromatic N) is 1. The van der Waals surface area contributed by atoms with E-state index >= 15 is 0 Å². The summed E-state index contributed by atoms with van der Waals surface area (Å²) in [7, 11) is 3.28. The van der Waals surface area contributed by atoms with Crippen LogP contribution in [0.2, 0.25) is 0 Å². The molecule has 3 N–H and O–H groups in total. The Hall–Kier alpha value is -3.22. The van der Waals surface area contributed by atoms with Gasteiger partial charge in [0.2, 0.25) is 0 Å². The van der Waals surface area contributed by atoms with E-state index in [0.717, 1.165) is 49.0 Å². The lowest BCUT2D eigenvalue weighted by atomic mass is 10.1. The van der Waals surface area contributed by atoms with E-state index in [-0.39, 0.29) is 5.91 Å². The summed E-state index contributed by atoms with van der Waals surface area (Å²) in [5.41, 5.74) is 2.90. The highest BCUT2D eigenvalue weighted by atomic mass is 16.5. The number of carbonyl (C=O) groups is 1. The first-order valence-electron chi connectivity index (χ1n) is 10.7. The van der Waals surface area contributed by atoms with Gasteiger partial charge in [0.1, 0.15) is 0 Å². The topological polar surface area (TPSA) is 84.0 Å². The van der Waals surface area contributed by atoms with Crippen molar-refractivity contribution >= 4 is 11.9 Å². The monoisotopic (exact) mass is 426 g/mol. The number of hydrogen-bond acceptors (Lipinski definition) is 4. The average Bonchev–Trinajstić information content (AvgIpc) is 2.80. The van der Waals surface area contributed by atoms with Gasteiger partial charge in [-0.25, -0.2) is 4.99 Å². The molecule has 7 nitrogen and oxygen atoms in total. The van der Waals surface area contributed by atoms with E-state index < -0.39 is 0 Å². The molecule has 2 aromatic carbocycles. The number of benzene rings is 2. The Labute approximate surface area is 185 Å². The molecule has 1 amide bonds. The number of ether oxygens (including phenoxy) is 2. The number of rotatable bonds is 11. The molecule has 0 saturated carbocycles. The van der Waals surface area contributed by atoms with E-state index in [4.69, 9.17) is 9.47 Å². The number of nitrogens with one attached hydrogen (secondary N) is 3. The fourth-order valence-electron chi connectivity index (χ4n) is 3.06. The van der Waals surface area contributed by atoms with Gasteiger partial charge in [-0.05, 0) is 62.1 Å². The van der Waals surface area contributed by atoms with Gasteiger partial charge in [0.15, 0.2) is 17.5 Å².